The Morgan fingerprint density at radius 2 is 1.63 bits per heavy atom. The van der Waals surface area contributed by atoms with Crippen molar-refractivity contribution < 1.29 is 23.9 Å². The van der Waals surface area contributed by atoms with Gasteiger partial charge in [0.2, 0.25) is 0 Å². The number of fused-ring (bicyclic) bond motifs is 1. The van der Waals surface area contributed by atoms with Gasteiger partial charge in [0.25, 0.3) is 11.8 Å². The van der Waals surface area contributed by atoms with E-state index in [1.54, 1.807) is 12.1 Å². The highest BCUT2D eigenvalue weighted by molar-refractivity contribution is 6.22. The van der Waals surface area contributed by atoms with E-state index in [9.17, 15) is 18.8 Å². The number of hydrogen-bond acceptors (Lipinski definition) is 3. The van der Waals surface area contributed by atoms with Gasteiger partial charge in [0.1, 0.15) is 5.67 Å². The molecule has 0 spiro atoms. The molecule has 0 radical (unpaired) electrons. The maximum atomic E-state index is 14.0. The van der Waals surface area contributed by atoms with E-state index in [0.29, 0.717) is 4.90 Å². The van der Waals surface area contributed by atoms with Gasteiger partial charge in [-0.1, -0.05) is 12.1 Å². The Labute approximate surface area is 108 Å². The van der Waals surface area contributed by atoms with Crippen molar-refractivity contribution >= 4 is 17.8 Å². The molecule has 1 unspecified atom stereocenters. The van der Waals surface area contributed by atoms with Gasteiger partial charge in [-0.25, -0.2) is 9.18 Å². The lowest BCUT2D eigenvalue weighted by Gasteiger charge is -2.29. The lowest BCUT2D eigenvalue weighted by Crippen LogP contribution is -2.54. The maximum Gasteiger partial charge on any atom is 0.330 e. The zero-order valence-electron chi connectivity index (χ0n) is 10.4. The Morgan fingerprint density at radius 1 is 1.21 bits per heavy atom. The molecule has 2 amide bonds. The highest BCUT2D eigenvalue weighted by atomic mass is 19.1. The molecule has 0 aliphatic carbocycles. The van der Waals surface area contributed by atoms with Crippen LogP contribution in [0.1, 0.15) is 34.6 Å². The Hall–Kier alpha value is -2.24. The molecule has 1 atom stereocenters. The van der Waals surface area contributed by atoms with Gasteiger partial charge in [0, 0.05) is 0 Å². The molecule has 0 aromatic heterocycles. The largest absolute Gasteiger partial charge is 0.480 e. The second kappa shape index (κ2) is 4.15. The number of carboxylic acids is 1. The van der Waals surface area contributed by atoms with E-state index in [4.69, 9.17) is 5.11 Å². The third-order valence-corrected chi connectivity index (χ3v) is 2.97. The predicted molar refractivity (Wildman–Crippen MR) is 63.6 cm³/mol. The fraction of sp³-hybridized carbons (Fsp3) is 0.308. The Bertz CT molecular complexity index is 541. The van der Waals surface area contributed by atoms with Crippen LogP contribution < -0.4 is 0 Å². The predicted octanol–water partition coefficient (Wildman–Crippen LogP) is 1.48. The quantitative estimate of drug-likeness (QED) is 0.840. The molecule has 5 nitrogen and oxygen atoms in total. The van der Waals surface area contributed by atoms with Gasteiger partial charge in [-0.2, -0.15) is 0 Å². The fourth-order valence-corrected chi connectivity index (χ4v) is 2.15. The third-order valence-electron chi connectivity index (χ3n) is 2.97. The summed E-state index contributed by atoms with van der Waals surface area (Å²) in [5, 5.41) is 9.10. The number of halogens is 1. The van der Waals surface area contributed by atoms with Crippen molar-refractivity contribution in [2.45, 2.75) is 25.6 Å². The monoisotopic (exact) mass is 265 g/mol. The van der Waals surface area contributed by atoms with E-state index in [-0.39, 0.29) is 11.1 Å². The lowest BCUT2D eigenvalue weighted by molar-refractivity contribution is -0.146. The summed E-state index contributed by atoms with van der Waals surface area (Å²) in [5.41, 5.74) is -2.04. The molecule has 2 rings (SSSR count). The molecule has 1 aliphatic heterocycles. The van der Waals surface area contributed by atoms with Crippen LogP contribution >= 0.6 is 0 Å². The summed E-state index contributed by atoms with van der Waals surface area (Å²) in [4.78, 5) is 35.8. The number of imide groups is 1. The molecule has 1 heterocycles. The lowest BCUT2D eigenvalue weighted by atomic mass is 9.99. The molecule has 1 aromatic carbocycles. The van der Waals surface area contributed by atoms with Crippen molar-refractivity contribution in [3.05, 3.63) is 35.4 Å². The number of carboxylic acid groups (broad SMARTS) is 1. The highest BCUT2D eigenvalue weighted by Gasteiger charge is 2.49. The van der Waals surface area contributed by atoms with Gasteiger partial charge in [-0.05, 0) is 26.0 Å². The van der Waals surface area contributed by atoms with Gasteiger partial charge in [0.15, 0.2) is 6.04 Å². The van der Waals surface area contributed by atoms with Crippen LogP contribution in [-0.4, -0.2) is 39.5 Å². The molecule has 1 aliphatic rings. The summed E-state index contributed by atoms with van der Waals surface area (Å²) in [7, 11) is 0. The molecule has 0 saturated carbocycles. The van der Waals surface area contributed by atoms with Crippen molar-refractivity contribution in [3.8, 4) is 0 Å². The van der Waals surface area contributed by atoms with Gasteiger partial charge < -0.3 is 5.11 Å². The second-order valence-electron chi connectivity index (χ2n) is 4.83. The Balaban J connectivity index is 2.52. The van der Waals surface area contributed by atoms with E-state index >= 15 is 0 Å². The average molecular weight is 265 g/mol. The molecule has 1 N–H and O–H groups in total. The van der Waals surface area contributed by atoms with Gasteiger partial charge in [-0.15, -0.1) is 0 Å². The first-order chi connectivity index (χ1) is 8.75. The van der Waals surface area contributed by atoms with Crippen molar-refractivity contribution in [2.24, 2.45) is 0 Å². The highest BCUT2D eigenvalue weighted by Crippen LogP contribution is 2.30. The van der Waals surface area contributed by atoms with Crippen LogP contribution in [0.4, 0.5) is 4.39 Å². The summed E-state index contributed by atoms with van der Waals surface area (Å²) < 4.78 is 14.0. The number of rotatable bonds is 3. The summed E-state index contributed by atoms with van der Waals surface area (Å²) in [6, 6.07) is 4.10. The normalized spacial score (nSPS) is 16.5. The van der Waals surface area contributed by atoms with Crippen molar-refractivity contribution in [2.75, 3.05) is 0 Å². The van der Waals surface area contributed by atoms with E-state index in [1.807, 2.05) is 0 Å². The minimum absolute atomic E-state index is 0.100. The van der Waals surface area contributed by atoms with Crippen LogP contribution in [0.5, 0.6) is 0 Å². The zero-order chi connectivity index (χ0) is 14.4. The minimum Gasteiger partial charge on any atom is -0.480 e. The number of aliphatic carboxylic acids is 1. The van der Waals surface area contributed by atoms with Crippen LogP contribution in [0, 0.1) is 0 Å². The molecule has 0 fully saturated rings. The first kappa shape index (κ1) is 13.2. The summed E-state index contributed by atoms with van der Waals surface area (Å²) in [5.74, 6) is -3.11. The molecule has 0 bridgehead atoms. The number of alkyl halides is 1. The molecule has 1 aromatic rings. The van der Waals surface area contributed by atoms with Gasteiger partial charge in [0.05, 0.1) is 11.1 Å². The average Bonchev–Trinajstić information content (AvgIpc) is 2.53. The van der Waals surface area contributed by atoms with E-state index in [2.05, 4.69) is 0 Å². The topological polar surface area (TPSA) is 74.7 Å². The van der Waals surface area contributed by atoms with E-state index in [1.165, 1.54) is 12.1 Å². The Kier molecular flexibility index (Phi) is 2.88. The van der Waals surface area contributed by atoms with Crippen molar-refractivity contribution in [1.82, 2.24) is 4.90 Å². The first-order valence-corrected chi connectivity index (χ1v) is 5.64. The standard InChI is InChI=1S/C13H12FNO4/c1-13(2,14)9(12(18)19)15-10(16)7-5-3-4-6-8(7)11(15)17/h3-6,9H,1-2H3,(H,18,19). The summed E-state index contributed by atoms with van der Waals surface area (Å²) >= 11 is 0. The smallest absolute Gasteiger partial charge is 0.330 e. The minimum atomic E-state index is -2.24. The van der Waals surface area contributed by atoms with Crippen molar-refractivity contribution in [3.63, 3.8) is 0 Å². The van der Waals surface area contributed by atoms with Crippen molar-refractivity contribution in [1.29, 1.82) is 0 Å². The Morgan fingerprint density at radius 3 is 1.95 bits per heavy atom. The van der Waals surface area contributed by atoms with E-state index < -0.39 is 29.5 Å². The molecule has 0 saturated heterocycles. The van der Waals surface area contributed by atoms with Gasteiger partial charge >= 0.3 is 5.97 Å². The maximum absolute atomic E-state index is 14.0. The summed E-state index contributed by atoms with van der Waals surface area (Å²) in [6.45, 7) is 2.05. The number of carbonyl (C=O) groups excluding carboxylic acids is 2. The molecule has 6 heteroatoms. The number of amides is 2. The number of nitrogens with zero attached hydrogens (tertiary/aromatic N) is 1. The van der Waals surface area contributed by atoms with Crippen LogP contribution in [0.15, 0.2) is 24.3 Å². The third kappa shape index (κ3) is 1.99. The first-order valence-electron chi connectivity index (χ1n) is 5.64. The number of benzene rings is 1. The van der Waals surface area contributed by atoms with Crippen LogP contribution in [-0.2, 0) is 4.79 Å². The SMILES string of the molecule is CC(C)(F)C(C(=O)O)N1C(=O)c2ccccc2C1=O. The fourth-order valence-electron chi connectivity index (χ4n) is 2.15. The molecule has 100 valence electrons. The molecular weight excluding hydrogens is 253 g/mol. The van der Waals surface area contributed by atoms with Gasteiger partial charge in [-0.3, -0.25) is 14.5 Å². The van der Waals surface area contributed by atoms with Crippen LogP contribution in [0.3, 0.4) is 0 Å². The number of hydrogen-bond donors (Lipinski definition) is 1. The molecular formula is C13H12FNO4. The summed E-state index contributed by atoms with van der Waals surface area (Å²) in [6.07, 6.45) is 0. The number of carbonyl (C=O) groups is 3. The van der Waals surface area contributed by atoms with Crippen LogP contribution in [0.2, 0.25) is 0 Å². The molecule has 19 heavy (non-hydrogen) atoms. The zero-order valence-corrected chi connectivity index (χ0v) is 10.4. The second-order valence-corrected chi connectivity index (χ2v) is 4.83. The van der Waals surface area contributed by atoms with E-state index in [0.717, 1.165) is 13.8 Å². The van der Waals surface area contributed by atoms with Crippen LogP contribution in [0.25, 0.3) is 0 Å².